The molecule has 0 aliphatic rings. The van der Waals surface area contributed by atoms with E-state index in [0.29, 0.717) is 18.7 Å². The van der Waals surface area contributed by atoms with Gasteiger partial charge in [-0.25, -0.2) is 0 Å². The smallest absolute Gasteiger partial charge is 0.261 e. The van der Waals surface area contributed by atoms with Crippen molar-refractivity contribution >= 4 is 11.8 Å². The van der Waals surface area contributed by atoms with E-state index in [4.69, 9.17) is 4.74 Å². The lowest BCUT2D eigenvalue weighted by Gasteiger charge is -2.32. The summed E-state index contributed by atoms with van der Waals surface area (Å²) >= 11 is 0. The van der Waals surface area contributed by atoms with Crippen molar-refractivity contribution in [2.24, 2.45) is 0 Å². The van der Waals surface area contributed by atoms with E-state index >= 15 is 0 Å². The van der Waals surface area contributed by atoms with Gasteiger partial charge in [0.15, 0.2) is 6.61 Å². The minimum absolute atomic E-state index is 0.00812. The molecule has 0 bridgehead atoms. The van der Waals surface area contributed by atoms with Gasteiger partial charge in [-0.2, -0.15) is 0 Å². The normalized spacial score (nSPS) is 12.9. The van der Waals surface area contributed by atoms with Crippen LogP contribution in [0.5, 0.6) is 5.75 Å². The molecule has 3 aromatic carbocycles. The molecule has 0 spiro atoms. The van der Waals surface area contributed by atoms with Crippen LogP contribution >= 0.6 is 0 Å². The summed E-state index contributed by atoms with van der Waals surface area (Å²) in [7, 11) is 0. The lowest BCUT2D eigenvalue weighted by molar-refractivity contribution is -0.143. The fraction of sp³-hybridized carbons (Fsp3) is 0.394. The first-order valence-corrected chi connectivity index (χ1v) is 13.5. The molecular weight excluding hydrogens is 472 g/mol. The molecular formula is C33H42N2O3. The summed E-state index contributed by atoms with van der Waals surface area (Å²) in [6.07, 6.45) is 1.23. The number of amides is 2. The van der Waals surface area contributed by atoms with Gasteiger partial charge < -0.3 is 15.0 Å². The summed E-state index contributed by atoms with van der Waals surface area (Å²) in [5, 5.41) is 3.11. The second-order valence-corrected chi connectivity index (χ2v) is 11.0. The Labute approximate surface area is 228 Å². The molecule has 5 heteroatoms. The predicted molar refractivity (Wildman–Crippen MR) is 154 cm³/mol. The molecule has 2 amide bonds. The molecule has 0 aliphatic heterocycles. The molecule has 0 aromatic heterocycles. The van der Waals surface area contributed by atoms with E-state index in [2.05, 4.69) is 26.1 Å². The zero-order valence-corrected chi connectivity index (χ0v) is 23.7. The first kappa shape index (κ1) is 29.0. The molecule has 0 saturated heterocycles. The van der Waals surface area contributed by atoms with Gasteiger partial charge in [0, 0.05) is 19.0 Å². The van der Waals surface area contributed by atoms with Crippen LogP contribution in [0, 0.1) is 6.92 Å². The van der Waals surface area contributed by atoms with Crippen LogP contribution in [0.3, 0.4) is 0 Å². The molecule has 202 valence electrons. The van der Waals surface area contributed by atoms with E-state index in [9.17, 15) is 9.59 Å². The topological polar surface area (TPSA) is 58.6 Å². The van der Waals surface area contributed by atoms with Gasteiger partial charge in [0.05, 0.1) is 0 Å². The maximum atomic E-state index is 13.8. The Morgan fingerprint density at radius 2 is 1.55 bits per heavy atom. The highest BCUT2D eigenvalue weighted by Crippen LogP contribution is 2.24. The van der Waals surface area contributed by atoms with Crippen LogP contribution in [0.2, 0.25) is 0 Å². The molecule has 0 fully saturated rings. The summed E-state index contributed by atoms with van der Waals surface area (Å²) in [5.74, 6) is 0.249. The number of benzene rings is 3. The number of nitrogens with zero attached hydrogens (tertiary/aromatic N) is 1. The second-order valence-electron chi connectivity index (χ2n) is 11.0. The number of carbonyl (C=O) groups is 2. The molecule has 1 N–H and O–H groups in total. The van der Waals surface area contributed by atoms with Crippen molar-refractivity contribution in [1.82, 2.24) is 10.2 Å². The zero-order valence-electron chi connectivity index (χ0n) is 23.7. The quantitative estimate of drug-likeness (QED) is 0.330. The Morgan fingerprint density at radius 1 is 0.921 bits per heavy atom. The van der Waals surface area contributed by atoms with Crippen LogP contribution in [-0.2, 0) is 28.0 Å². The lowest BCUT2D eigenvalue weighted by atomic mass is 9.87. The van der Waals surface area contributed by atoms with Gasteiger partial charge in [-0.3, -0.25) is 9.59 Å². The summed E-state index contributed by atoms with van der Waals surface area (Å²) in [6, 6.07) is 25.0. The standard InChI is InChI=1S/C33H42N2O3/c1-7-25(3)34-32(37)30(21-26-14-9-8-10-15-26)35(22-27-16-12-11-13-24(27)2)31(36)23-38-29-19-17-28(18-20-29)33(4,5)6/h8-20,25,30H,7,21-23H2,1-6H3,(H,34,37)/t25-,30+/m1/s1. The van der Waals surface area contributed by atoms with Crippen molar-refractivity contribution in [3.63, 3.8) is 0 Å². The summed E-state index contributed by atoms with van der Waals surface area (Å²) in [4.78, 5) is 29.0. The number of hydrogen-bond donors (Lipinski definition) is 1. The minimum atomic E-state index is -0.676. The molecule has 5 nitrogen and oxygen atoms in total. The average Bonchev–Trinajstić information content (AvgIpc) is 2.90. The average molecular weight is 515 g/mol. The van der Waals surface area contributed by atoms with Crippen LogP contribution in [-0.4, -0.2) is 35.4 Å². The summed E-state index contributed by atoms with van der Waals surface area (Å²) < 4.78 is 5.94. The van der Waals surface area contributed by atoms with Crippen molar-refractivity contribution < 1.29 is 14.3 Å². The van der Waals surface area contributed by atoms with Gasteiger partial charge in [-0.1, -0.05) is 94.4 Å². The summed E-state index contributed by atoms with van der Waals surface area (Å²) in [5.41, 5.74) is 4.31. The molecule has 0 heterocycles. The highest BCUT2D eigenvalue weighted by atomic mass is 16.5. The van der Waals surface area contributed by atoms with Crippen LogP contribution in [0.4, 0.5) is 0 Å². The first-order chi connectivity index (χ1) is 18.1. The highest BCUT2D eigenvalue weighted by molar-refractivity contribution is 5.88. The van der Waals surface area contributed by atoms with Gasteiger partial charge >= 0.3 is 0 Å². The van der Waals surface area contributed by atoms with Crippen LogP contribution in [0.15, 0.2) is 78.9 Å². The molecule has 3 aromatic rings. The monoisotopic (exact) mass is 514 g/mol. The molecule has 0 aliphatic carbocycles. The van der Waals surface area contributed by atoms with E-state index in [1.165, 1.54) is 5.56 Å². The largest absolute Gasteiger partial charge is 0.484 e. The SMILES string of the molecule is CC[C@@H](C)NC(=O)[C@H](Cc1ccccc1)N(Cc1ccccc1C)C(=O)COc1ccc(C(C)(C)C)cc1. The van der Waals surface area contributed by atoms with Crippen molar-refractivity contribution in [1.29, 1.82) is 0 Å². The molecule has 38 heavy (non-hydrogen) atoms. The predicted octanol–water partition coefficient (Wildman–Crippen LogP) is 6.23. The third-order valence-electron chi connectivity index (χ3n) is 6.96. The Balaban J connectivity index is 1.90. The van der Waals surface area contributed by atoms with Crippen molar-refractivity contribution in [3.8, 4) is 5.75 Å². The third-order valence-corrected chi connectivity index (χ3v) is 6.96. The molecule has 0 saturated carbocycles. The lowest BCUT2D eigenvalue weighted by Crippen LogP contribution is -2.53. The fourth-order valence-corrected chi connectivity index (χ4v) is 4.25. The Bertz CT molecular complexity index is 1180. The highest BCUT2D eigenvalue weighted by Gasteiger charge is 2.31. The van der Waals surface area contributed by atoms with Gasteiger partial charge in [0.2, 0.25) is 5.91 Å². The van der Waals surface area contributed by atoms with E-state index in [0.717, 1.165) is 23.1 Å². The number of nitrogens with one attached hydrogen (secondary N) is 1. The van der Waals surface area contributed by atoms with Crippen molar-refractivity contribution in [2.45, 2.75) is 78.4 Å². The minimum Gasteiger partial charge on any atom is -0.484 e. The maximum Gasteiger partial charge on any atom is 0.261 e. The van der Waals surface area contributed by atoms with Gasteiger partial charge in [-0.05, 0) is 60.1 Å². The van der Waals surface area contributed by atoms with Gasteiger partial charge in [0.1, 0.15) is 11.8 Å². The zero-order chi connectivity index (χ0) is 27.7. The van der Waals surface area contributed by atoms with Crippen molar-refractivity contribution in [3.05, 3.63) is 101 Å². The maximum absolute atomic E-state index is 13.8. The molecule has 3 rings (SSSR count). The van der Waals surface area contributed by atoms with Crippen LogP contribution in [0.1, 0.15) is 63.3 Å². The van der Waals surface area contributed by atoms with Gasteiger partial charge in [0.25, 0.3) is 5.91 Å². The van der Waals surface area contributed by atoms with Gasteiger partial charge in [-0.15, -0.1) is 0 Å². The van der Waals surface area contributed by atoms with E-state index in [-0.39, 0.29) is 29.9 Å². The molecule has 0 unspecified atom stereocenters. The second kappa shape index (κ2) is 13.3. The van der Waals surface area contributed by atoms with Crippen LogP contribution in [0.25, 0.3) is 0 Å². The van der Waals surface area contributed by atoms with E-state index in [1.54, 1.807) is 4.90 Å². The number of ether oxygens (including phenoxy) is 1. The fourth-order valence-electron chi connectivity index (χ4n) is 4.25. The van der Waals surface area contributed by atoms with Crippen molar-refractivity contribution in [2.75, 3.05) is 6.61 Å². The third kappa shape index (κ3) is 8.20. The summed E-state index contributed by atoms with van der Waals surface area (Å²) in [6.45, 7) is 12.7. The molecule has 0 radical (unpaired) electrons. The number of hydrogen-bond acceptors (Lipinski definition) is 3. The number of carbonyl (C=O) groups excluding carboxylic acids is 2. The Hall–Kier alpha value is -3.60. The number of rotatable bonds is 11. The number of aryl methyl sites for hydroxylation is 1. The van der Waals surface area contributed by atoms with Crippen LogP contribution < -0.4 is 10.1 Å². The van der Waals surface area contributed by atoms with E-state index in [1.807, 2.05) is 99.6 Å². The first-order valence-electron chi connectivity index (χ1n) is 13.5. The Morgan fingerprint density at radius 3 is 2.16 bits per heavy atom. The Kier molecular flexibility index (Phi) is 10.1. The molecule has 2 atom stereocenters. The van der Waals surface area contributed by atoms with E-state index < -0.39 is 6.04 Å².